The number of carbonyl (C=O) groups excluding carboxylic acids is 2. The van der Waals surface area contributed by atoms with Crippen LogP contribution in [-0.4, -0.2) is 69.8 Å². The van der Waals surface area contributed by atoms with Crippen molar-refractivity contribution < 1.29 is 34.0 Å². The van der Waals surface area contributed by atoms with Crippen molar-refractivity contribution in [1.82, 2.24) is 4.90 Å². The van der Waals surface area contributed by atoms with E-state index in [0.29, 0.717) is 0 Å². The quantitative estimate of drug-likeness (QED) is 0.537. The summed E-state index contributed by atoms with van der Waals surface area (Å²) in [4.78, 5) is 26.2. The third-order valence-electron chi connectivity index (χ3n) is 4.90. The molecule has 2 N–H and O–H groups in total. The van der Waals surface area contributed by atoms with E-state index in [2.05, 4.69) is 0 Å². The number of amides is 1. The van der Waals surface area contributed by atoms with Gasteiger partial charge in [-0.15, -0.1) is 0 Å². The summed E-state index contributed by atoms with van der Waals surface area (Å²) >= 11 is 0. The zero-order valence-corrected chi connectivity index (χ0v) is 15.6. The molecule has 1 aromatic rings. The van der Waals surface area contributed by atoms with Gasteiger partial charge in [-0.1, -0.05) is 30.3 Å². The Kier molecular flexibility index (Phi) is 5.27. The Morgan fingerprint density at radius 1 is 1.37 bits per heavy atom. The van der Waals surface area contributed by atoms with Gasteiger partial charge in [0.25, 0.3) is 5.91 Å². The monoisotopic (exact) mass is 379 g/mol. The van der Waals surface area contributed by atoms with Crippen LogP contribution in [0.3, 0.4) is 0 Å². The smallest absolute Gasteiger partial charge is 0.338 e. The molecule has 0 aromatic heterocycles. The first-order chi connectivity index (χ1) is 12.7. The number of aliphatic hydroxyl groups excluding tert-OH is 1. The summed E-state index contributed by atoms with van der Waals surface area (Å²) in [6, 6.07) is 8.28. The van der Waals surface area contributed by atoms with Crippen LogP contribution in [0.15, 0.2) is 30.3 Å². The highest BCUT2D eigenvalue weighted by Crippen LogP contribution is 2.42. The van der Waals surface area contributed by atoms with E-state index in [1.165, 1.54) is 4.90 Å². The van der Waals surface area contributed by atoms with E-state index in [1.807, 2.05) is 30.3 Å². The van der Waals surface area contributed by atoms with Crippen molar-refractivity contribution in [3.05, 3.63) is 35.9 Å². The molecule has 0 radical (unpaired) electrons. The molecule has 1 unspecified atom stereocenters. The molecular weight excluding hydrogens is 354 g/mol. The van der Waals surface area contributed by atoms with Gasteiger partial charge in [0.1, 0.15) is 12.1 Å². The van der Waals surface area contributed by atoms with Crippen molar-refractivity contribution in [3.8, 4) is 0 Å². The molecular formula is C19H25NO7. The van der Waals surface area contributed by atoms with Crippen LogP contribution in [0.5, 0.6) is 0 Å². The van der Waals surface area contributed by atoms with Gasteiger partial charge in [0.2, 0.25) is 5.60 Å². The molecule has 2 saturated heterocycles. The number of aliphatic hydroxyl groups is 2. The van der Waals surface area contributed by atoms with Crippen LogP contribution >= 0.6 is 0 Å². The molecule has 0 saturated carbocycles. The van der Waals surface area contributed by atoms with Gasteiger partial charge in [-0.3, -0.25) is 4.79 Å². The summed E-state index contributed by atoms with van der Waals surface area (Å²) in [5.41, 5.74) is -1.48. The average Bonchev–Trinajstić information content (AvgIpc) is 2.99. The third kappa shape index (κ3) is 3.45. The van der Waals surface area contributed by atoms with Crippen molar-refractivity contribution in [2.24, 2.45) is 0 Å². The summed E-state index contributed by atoms with van der Waals surface area (Å²) < 4.78 is 16.2. The molecule has 1 amide bonds. The van der Waals surface area contributed by atoms with E-state index in [4.69, 9.17) is 14.2 Å². The minimum Gasteiger partial charge on any atom is -0.464 e. The number of nitrogens with zero attached hydrogens (tertiary/aromatic N) is 1. The van der Waals surface area contributed by atoms with Crippen molar-refractivity contribution in [2.75, 3.05) is 13.2 Å². The van der Waals surface area contributed by atoms with E-state index < -0.39 is 41.5 Å². The molecule has 2 heterocycles. The number of benzene rings is 1. The van der Waals surface area contributed by atoms with E-state index >= 15 is 0 Å². The molecule has 1 aromatic carbocycles. The van der Waals surface area contributed by atoms with Crippen molar-refractivity contribution in [1.29, 1.82) is 0 Å². The lowest BCUT2D eigenvalue weighted by Gasteiger charge is -2.55. The summed E-state index contributed by atoms with van der Waals surface area (Å²) in [7, 11) is 0. The Bertz CT molecular complexity index is 707. The summed E-state index contributed by atoms with van der Waals surface area (Å²) in [6.45, 7) is 5.36. The highest BCUT2D eigenvalue weighted by Gasteiger charge is 2.69. The maximum Gasteiger partial charge on any atom is 0.338 e. The second kappa shape index (κ2) is 7.20. The largest absolute Gasteiger partial charge is 0.464 e. The number of rotatable bonds is 6. The normalized spacial score (nSPS) is 30.7. The highest BCUT2D eigenvalue weighted by molar-refractivity contribution is 5.98. The number of ether oxygens (including phenoxy) is 3. The number of esters is 1. The lowest BCUT2D eigenvalue weighted by atomic mass is 9.74. The average molecular weight is 379 g/mol. The van der Waals surface area contributed by atoms with E-state index in [-0.39, 0.29) is 19.8 Å². The van der Waals surface area contributed by atoms with E-state index in [9.17, 15) is 19.8 Å². The molecule has 0 aliphatic carbocycles. The fourth-order valence-electron chi connectivity index (χ4n) is 3.64. The van der Waals surface area contributed by atoms with Crippen LogP contribution in [0.1, 0.15) is 26.3 Å². The van der Waals surface area contributed by atoms with Crippen molar-refractivity contribution >= 4 is 11.9 Å². The second-order valence-electron chi connectivity index (χ2n) is 7.21. The van der Waals surface area contributed by atoms with Gasteiger partial charge in [0, 0.05) is 6.54 Å². The van der Waals surface area contributed by atoms with Gasteiger partial charge >= 0.3 is 5.97 Å². The molecule has 27 heavy (non-hydrogen) atoms. The molecule has 3 rings (SSSR count). The first kappa shape index (κ1) is 19.8. The van der Waals surface area contributed by atoms with Crippen LogP contribution in [0.4, 0.5) is 0 Å². The Balaban J connectivity index is 1.88. The SMILES string of the molecule is CCOC(=O)[C@H](O)[C@]1(O)C(=O)N(Cc2ccccc2)[C@H]1C1COC(C)(C)O1. The Morgan fingerprint density at radius 3 is 2.59 bits per heavy atom. The lowest BCUT2D eigenvalue weighted by Crippen LogP contribution is -2.82. The molecule has 2 fully saturated rings. The van der Waals surface area contributed by atoms with E-state index in [1.54, 1.807) is 20.8 Å². The maximum absolute atomic E-state index is 12.8. The maximum atomic E-state index is 12.8. The van der Waals surface area contributed by atoms with Crippen LogP contribution in [0, 0.1) is 0 Å². The van der Waals surface area contributed by atoms with Crippen LogP contribution in [0.25, 0.3) is 0 Å². The summed E-state index contributed by atoms with van der Waals surface area (Å²) in [6.07, 6.45) is -2.70. The van der Waals surface area contributed by atoms with Gasteiger partial charge in [0.05, 0.1) is 13.2 Å². The standard InChI is InChI=1S/C19H25NO7/c1-4-25-16(22)15(21)19(24)14(13-11-26-18(2,3)27-13)20(17(19)23)10-12-8-6-5-7-9-12/h5-9,13-15,21,24H,4,10-11H2,1-3H3/t13?,14-,15-,19-/m0/s1. The van der Waals surface area contributed by atoms with E-state index in [0.717, 1.165) is 5.56 Å². The summed E-state index contributed by atoms with van der Waals surface area (Å²) in [5.74, 6) is -2.68. The van der Waals surface area contributed by atoms with Gasteiger partial charge < -0.3 is 29.3 Å². The summed E-state index contributed by atoms with van der Waals surface area (Å²) in [5, 5.41) is 21.4. The molecule has 0 bridgehead atoms. The first-order valence-electron chi connectivity index (χ1n) is 8.94. The Hall–Kier alpha value is -2.00. The van der Waals surface area contributed by atoms with Crippen LogP contribution in [0.2, 0.25) is 0 Å². The molecule has 2 aliphatic heterocycles. The lowest BCUT2D eigenvalue weighted by molar-refractivity contribution is -0.240. The molecule has 4 atom stereocenters. The number of likely N-dealkylation sites (tertiary alicyclic amines) is 1. The molecule has 0 spiro atoms. The number of carbonyl (C=O) groups is 2. The van der Waals surface area contributed by atoms with Crippen LogP contribution in [-0.2, 0) is 30.3 Å². The fourth-order valence-corrected chi connectivity index (χ4v) is 3.64. The van der Waals surface area contributed by atoms with Gasteiger partial charge in [-0.25, -0.2) is 4.79 Å². The van der Waals surface area contributed by atoms with Gasteiger partial charge in [-0.2, -0.15) is 0 Å². The predicted molar refractivity (Wildman–Crippen MR) is 93.3 cm³/mol. The number of hydrogen-bond donors (Lipinski definition) is 2. The van der Waals surface area contributed by atoms with Gasteiger partial charge in [-0.05, 0) is 26.3 Å². The number of β-lactam (4-membered cyclic amide) rings is 1. The van der Waals surface area contributed by atoms with Crippen molar-refractivity contribution in [2.45, 2.75) is 57.0 Å². The topological polar surface area (TPSA) is 106 Å². The van der Waals surface area contributed by atoms with Gasteiger partial charge in [0.15, 0.2) is 11.9 Å². The minimum absolute atomic E-state index is 0.0225. The third-order valence-corrected chi connectivity index (χ3v) is 4.90. The zero-order chi connectivity index (χ0) is 19.8. The highest BCUT2D eigenvalue weighted by atomic mass is 16.7. The number of hydrogen-bond acceptors (Lipinski definition) is 7. The Labute approximate surface area is 157 Å². The Morgan fingerprint density at radius 2 is 2.04 bits per heavy atom. The molecule has 8 heteroatoms. The fraction of sp³-hybridized carbons (Fsp3) is 0.579. The molecule has 2 aliphatic rings. The predicted octanol–water partition coefficient (Wildman–Crippen LogP) is 0.204. The van der Waals surface area contributed by atoms with Crippen LogP contribution < -0.4 is 0 Å². The zero-order valence-electron chi connectivity index (χ0n) is 15.6. The first-order valence-corrected chi connectivity index (χ1v) is 8.94. The molecule has 8 nitrogen and oxygen atoms in total. The molecule has 148 valence electrons. The second-order valence-corrected chi connectivity index (χ2v) is 7.21. The minimum atomic E-state index is -2.32. The van der Waals surface area contributed by atoms with Crippen molar-refractivity contribution in [3.63, 3.8) is 0 Å².